The number of fused-ring (bicyclic) bond motifs is 1. The maximum absolute atomic E-state index is 12.9. The summed E-state index contributed by atoms with van der Waals surface area (Å²) in [5, 5.41) is 8.90. The number of carbonyl (C=O) groups is 1. The van der Waals surface area contributed by atoms with Crippen LogP contribution in [0.1, 0.15) is 24.2 Å². The van der Waals surface area contributed by atoms with Crippen LogP contribution in [-0.2, 0) is 11.8 Å². The fourth-order valence-electron chi connectivity index (χ4n) is 3.53. The van der Waals surface area contributed by atoms with Crippen molar-refractivity contribution in [1.82, 2.24) is 29.3 Å². The molecular weight excluding hydrogens is 358 g/mol. The number of amides is 1. The molecule has 0 unspecified atom stereocenters. The minimum atomic E-state index is -0.0107. The summed E-state index contributed by atoms with van der Waals surface area (Å²) in [5.74, 6) is 0.688. The molecule has 4 rings (SSSR count). The van der Waals surface area contributed by atoms with Crippen molar-refractivity contribution >= 4 is 17.5 Å². The lowest BCUT2D eigenvalue weighted by atomic mass is 10.1. The maximum atomic E-state index is 12.9. The third-order valence-electron chi connectivity index (χ3n) is 5.11. The highest BCUT2D eigenvalue weighted by molar-refractivity contribution is 6.00. The van der Waals surface area contributed by atoms with Crippen LogP contribution < -0.4 is 4.90 Å². The minimum absolute atomic E-state index is 0.0107. The number of aromatic nitrogens is 5. The minimum Gasteiger partial charge on any atom is -0.378 e. The van der Waals surface area contributed by atoms with Crippen molar-refractivity contribution in [3.8, 4) is 11.3 Å². The molecule has 0 radical (unpaired) electrons. The second kappa shape index (κ2) is 7.59. The number of morpholine rings is 1. The van der Waals surface area contributed by atoms with Crippen LogP contribution in [0.15, 0.2) is 24.5 Å². The van der Waals surface area contributed by atoms with E-state index in [1.807, 2.05) is 39.2 Å². The van der Waals surface area contributed by atoms with Crippen molar-refractivity contribution in [2.45, 2.75) is 13.8 Å². The summed E-state index contributed by atoms with van der Waals surface area (Å²) in [7, 11) is 1.85. The van der Waals surface area contributed by atoms with Gasteiger partial charge in [-0.15, -0.1) is 5.10 Å². The maximum Gasteiger partial charge on any atom is 0.257 e. The molecular formula is C19H25N7O2. The van der Waals surface area contributed by atoms with Crippen molar-refractivity contribution < 1.29 is 9.53 Å². The summed E-state index contributed by atoms with van der Waals surface area (Å²) in [5.41, 5.74) is 3.02. The highest BCUT2D eigenvalue weighted by Crippen LogP contribution is 2.26. The fourth-order valence-corrected chi connectivity index (χ4v) is 3.53. The van der Waals surface area contributed by atoms with Gasteiger partial charge in [0.2, 0.25) is 5.95 Å². The summed E-state index contributed by atoms with van der Waals surface area (Å²) < 4.78 is 8.90. The summed E-state index contributed by atoms with van der Waals surface area (Å²) in [6.07, 6.45) is 3.52. The molecule has 0 atom stereocenters. The first kappa shape index (κ1) is 18.4. The molecule has 1 aliphatic heterocycles. The van der Waals surface area contributed by atoms with Crippen molar-refractivity contribution in [2.24, 2.45) is 7.05 Å². The zero-order valence-corrected chi connectivity index (χ0v) is 16.5. The van der Waals surface area contributed by atoms with E-state index in [2.05, 4.69) is 20.1 Å². The first-order chi connectivity index (χ1) is 13.6. The molecule has 9 heteroatoms. The smallest absolute Gasteiger partial charge is 0.257 e. The van der Waals surface area contributed by atoms with Crippen LogP contribution in [0.2, 0.25) is 0 Å². The molecule has 3 aromatic heterocycles. The van der Waals surface area contributed by atoms with Gasteiger partial charge in [-0.3, -0.25) is 9.48 Å². The van der Waals surface area contributed by atoms with Gasteiger partial charge < -0.3 is 14.5 Å². The van der Waals surface area contributed by atoms with E-state index in [0.717, 1.165) is 30.0 Å². The first-order valence-electron chi connectivity index (χ1n) is 9.63. The third kappa shape index (κ3) is 3.22. The molecule has 4 heterocycles. The van der Waals surface area contributed by atoms with E-state index in [-0.39, 0.29) is 5.91 Å². The highest BCUT2D eigenvalue weighted by Gasteiger charge is 2.22. The Kier molecular flexibility index (Phi) is 4.99. The third-order valence-corrected chi connectivity index (χ3v) is 5.11. The number of aryl methyl sites for hydroxylation is 1. The lowest BCUT2D eigenvalue weighted by Crippen LogP contribution is -2.36. The van der Waals surface area contributed by atoms with Crippen LogP contribution in [0.3, 0.4) is 0 Å². The van der Waals surface area contributed by atoms with Crippen LogP contribution in [0.25, 0.3) is 16.9 Å². The van der Waals surface area contributed by atoms with Gasteiger partial charge in [-0.05, 0) is 26.0 Å². The number of ether oxygens (including phenoxy) is 1. The van der Waals surface area contributed by atoms with Gasteiger partial charge in [0.25, 0.3) is 5.91 Å². The largest absolute Gasteiger partial charge is 0.378 e. The molecule has 148 valence electrons. The molecule has 1 fully saturated rings. The Bertz CT molecular complexity index is 983. The average molecular weight is 383 g/mol. The van der Waals surface area contributed by atoms with Gasteiger partial charge >= 0.3 is 0 Å². The fraction of sp³-hybridized carbons (Fsp3) is 0.474. The van der Waals surface area contributed by atoms with E-state index < -0.39 is 0 Å². The van der Waals surface area contributed by atoms with Crippen LogP contribution >= 0.6 is 0 Å². The summed E-state index contributed by atoms with van der Waals surface area (Å²) >= 11 is 0. The van der Waals surface area contributed by atoms with Crippen molar-refractivity contribution in [3.05, 3.63) is 30.1 Å². The molecule has 0 N–H and O–H groups in total. The van der Waals surface area contributed by atoms with Crippen molar-refractivity contribution in [1.29, 1.82) is 0 Å². The zero-order valence-electron chi connectivity index (χ0n) is 16.5. The number of carbonyl (C=O) groups excluding carboxylic acids is 1. The van der Waals surface area contributed by atoms with Gasteiger partial charge in [-0.2, -0.15) is 10.1 Å². The predicted molar refractivity (Wildman–Crippen MR) is 105 cm³/mol. The SMILES string of the molecule is CCN(CC)C(=O)c1cnn(C)c1-c1ccn2nc(N3CCOCC3)nc2c1. The molecule has 1 saturated heterocycles. The van der Waals surface area contributed by atoms with Crippen molar-refractivity contribution in [2.75, 3.05) is 44.3 Å². The molecule has 28 heavy (non-hydrogen) atoms. The molecule has 0 aromatic carbocycles. The molecule has 0 aliphatic carbocycles. The summed E-state index contributed by atoms with van der Waals surface area (Å²) in [6, 6.07) is 3.90. The zero-order chi connectivity index (χ0) is 19.7. The Morgan fingerprint density at radius 2 is 2.00 bits per heavy atom. The average Bonchev–Trinajstić information content (AvgIpc) is 3.32. The number of anilines is 1. The monoisotopic (exact) mass is 383 g/mol. The standard InChI is InChI=1S/C19H25N7O2/c1-4-24(5-2)18(27)15-13-20-23(3)17(15)14-6-7-26-16(12-14)21-19(22-26)25-8-10-28-11-9-25/h6-7,12-13H,4-5,8-11H2,1-3H3. The van der Waals surface area contributed by atoms with Crippen LogP contribution in [-0.4, -0.2) is 74.6 Å². The molecule has 0 spiro atoms. The van der Waals surface area contributed by atoms with Gasteiger partial charge in [0.05, 0.1) is 30.7 Å². The van der Waals surface area contributed by atoms with E-state index in [1.54, 1.807) is 20.3 Å². The Morgan fingerprint density at radius 3 is 2.71 bits per heavy atom. The van der Waals surface area contributed by atoms with E-state index in [0.29, 0.717) is 37.8 Å². The molecule has 1 aliphatic rings. The number of pyridine rings is 1. The number of hydrogen-bond donors (Lipinski definition) is 0. The van der Waals surface area contributed by atoms with E-state index in [1.165, 1.54) is 0 Å². The van der Waals surface area contributed by atoms with Crippen LogP contribution in [0.5, 0.6) is 0 Å². The highest BCUT2D eigenvalue weighted by atomic mass is 16.5. The molecule has 9 nitrogen and oxygen atoms in total. The first-order valence-corrected chi connectivity index (χ1v) is 9.63. The van der Waals surface area contributed by atoms with Gasteiger partial charge in [0, 0.05) is 45.0 Å². The summed E-state index contributed by atoms with van der Waals surface area (Å²) in [4.78, 5) is 21.5. The Hall–Kier alpha value is -2.94. The Labute approximate surface area is 163 Å². The second-order valence-corrected chi connectivity index (χ2v) is 6.74. The van der Waals surface area contributed by atoms with Gasteiger partial charge in [0.1, 0.15) is 0 Å². The normalized spacial score (nSPS) is 14.6. The second-order valence-electron chi connectivity index (χ2n) is 6.74. The van der Waals surface area contributed by atoms with Gasteiger partial charge in [-0.1, -0.05) is 0 Å². The molecule has 0 saturated carbocycles. The lowest BCUT2D eigenvalue weighted by molar-refractivity contribution is 0.0773. The van der Waals surface area contributed by atoms with Crippen LogP contribution in [0.4, 0.5) is 5.95 Å². The van der Waals surface area contributed by atoms with E-state index >= 15 is 0 Å². The molecule has 3 aromatic rings. The molecule has 0 bridgehead atoms. The summed E-state index contributed by atoms with van der Waals surface area (Å²) in [6.45, 7) is 8.23. The van der Waals surface area contributed by atoms with Crippen LogP contribution in [0, 0.1) is 0 Å². The topological polar surface area (TPSA) is 80.8 Å². The Morgan fingerprint density at radius 1 is 1.25 bits per heavy atom. The number of nitrogens with zero attached hydrogens (tertiary/aromatic N) is 7. The lowest BCUT2D eigenvalue weighted by Gasteiger charge is -2.25. The van der Waals surface area contributed by atoms with Gasteiger partial charge in [0.15, 0.2) is 5.65 Å². The quantitative estimate of drug-likeness (QED) is 0.663. The number of hydrogen-bond acceptors (Lipinski definition) is 6. The van der Waals surface area contributed by atoms with Gasteiger partial charge in [-0.25, -0.2) is 4.52 Å². The van der Waals surface area contributed by atoms with Crippen molar-refractivity contribution in [3.63, 3.8) is 0 Å². The van der Waals surface area contributed by atoms with E-state index in [4.69, 9.17) is 4.74 Å². The van der Waals surface area contributed by atoms with E-state index in [9.17, 15) is 4.79 Å². The predicted octanol–water partition coefficient (Wildman–Crippen LogP) is 1.45. The number of rotatable bonds is 5. The molecule has 1 amide bonds. The Balaban J connectivity index is 1.71.